The Labute approximate surface area is 133 Å². The smallest absolute Gasteiger partial charge is 0.303 e. The third-order valence-corrected chi connectivity index (χ3v) is 3.60. The second-order valence-corrected chi connectivity index (χ2v) is 6.92. The summed E-state index contributed by atoms with van der Waals surface area (Å²) in [5.41, 5.74) is 9.73. The van der Waals surface area contributed by atoms with Gasteiger partial charge in [0.05, 0.1) is 13.2 Å². The van der Waals surface area contributed by atoms with Gasteiger partial charge in [0, 0.05) is 13.0 Å². The summed E-state index contributed by atoms with van der Waals surface area (Å²) in [5, 5.41) is 8.31. The predicted molar refractivity (Wildman–Crippen MR) is 88.6 cm³/mol. The lowest BCUT2D eigenvalue weighted by molar-refractivity contribution is -0.137. The summed E-state index contributed by atoms with van der Waals surface area (Å²) in [5.74, 6) is -0.691. The van der Waals surface area contributed by atoms with Gasteiger partial charge in [0.1, 0.15) is 0 Å². The van der Waals surface area contributed by atoms with Crippen molar-refractivity contribution < 1.29 is 14.6 Å². The van der Waals surface area contributed by atoms with E-state index in [1.54, 1.807) is 0 Å². The Hall–Kier alpha value is -1.39. The van der Waals surface area contributed by atoms with Gasteiger partial charge < -0.3 is 15.6 Å². The van der Waals surface area contributed by atoms with Crippen molar-refractivity contribution in [3.05, 3.63) is 34.9 Å². The maximum absolute atomic E-state index is 10.1. The fourth-order valence-corrected chi connectivity index (χ4v) is 2.32. The molecule has 0 saturated carbocycles. The van der Waals surface area contributed by atoms with Crippen LogP contribution in [-0.2, 0) is 29.1 Å². The van der Waals surface area contributed by atoms with Crippen LogP contribution in [0.5, 0.6) is 0 Å². The molecule has 1 aromatic carbocycles. The Morgan fingerprint density at radius 1 is 1.32 bits per heavy atom. The highest BCUT2D eigenvalue weighted by Gasteiger charge is 2.10. The molecule has 0 aliphatic carbocycles. The summed E-state index contributed by atoms with van der Waals surface area (Å²) < 4.78 is 5.35. The van der Waals surface area contributed by atoms with Gasteiger partial charge in [0.15, 0.2) is 0 Å². The molecular weight excluding hydrogens is 278 g/mol. The van der Waals surface area contributed by atoms with Crippen LogP contribution in [0.3, 0.4) is 0 Å². The molecule has 0 fully saturated rings. The van der Waals surface area contributed by atoms with Crippen LogP contribution >= 0.6 is 0 Å². The molecule has 0 saturated heterocycles. The first kappa shape index (κ1) is 18.7. The van der Waals surface area contributed by atoms with E-state index < -0.39 is 5.97 Å². The zero-order valence-electron chi connectivity index (χ0n) is 14.0. The summed E-state index contributed by atoms with van der Waals surface area (Å²) in [7, 11) is 0. The van der Waals surface area contributed by atoms with Crippen LogP contribution in [0.15, 0.2) is 18.2 Å². The summed E-state index contributed by atoms with van der Waals surface area (Å²) in [6.45, 7) is 8.59. The number of nitrogens with two attached hydrogens (primary N) is 1. The summed E-state index contributed by atoms with van der Waals surface area (Å²) >= 11 is 0. The van der Waals surface area contributed by atoms with Gasteiger partial charge in [0.25, 0.3) is 0 Å². The van der Waals surface area contributed by atoms with Gasteiger partial charge in [-0.25, -0.2) is 0 Å². The number of aliphatic carboxylic acids is 1. The van der Waals surface area contributed by atoms with Gasteiger partial charge >= 0.3 is 5.97 Å². The number of benzene rings is 1. The average Bonchev–Trinajstić information content (AvgIpc) is 2.45. The number of fused-ring (bicyclic) bond motifs is 1. The minimum atomic E-state index is -0.691. The number of hydrogen-bond donors (Lipinski definition) is 2. The van der Waals surface area contributed by atoms with Crippen LogP contribution in [0.1, 0.15) is 56.7 Å². The molecule has 1 aromatic rings. The van der Waals surface area contributed by atoms with E-state index in [4.69, 9.17) is 15.6 Å². The van der Waals surface area contributed by atoms with Crippen molar-refractivity contribution in [2.75, 3.05) is 6.61 Å². The normalized spacial score (nSPS) is 13.8. The number of carbonyl (C=O) groups is 1. The summed E-state index contributed by atoms with van der Waals surface area (Å²) in [6.07, 6.45) is 3.12. The molecule has 0 bridgehead atoms. The molecule has 3 N–H and O–H groups in total. The molecule has 0 unspecified atom stereocenters. The lowest BCUT2D eigenvalue weighted by atomic mass is 9.90. The van der Waals surface area contributed by atoms with E-state index in [0.29, 0.717) is 13.0 Å². The largest absolute Gasteiger partial charge is 0.481 e. The Morgan fingerprint density at radius 2 is 2.05 bits per heavy atom. The minimum absolute atomic E-state index is 0.273. The van der Waals surface area contributed by atoms with Gasteiger partial charge in [-0.1, -0.05) is 39.0 Å². The van der Waals surface area contributed by atoms with Gasteiger partial charge in [-0.3, -0.25) is 4.79 Å². The van der Waals surface area contributed by atoms with Crippen molar-refractivity contribution in [2.24, 2.45) is 11.1 Å². The standard InChI is InChI=1S/C10H13NO.C8H16O2/c11-6-8-1-2-9-3-4-12-7-10(9)5-8;1-8(2,3)6-4-5-7(9)10/h1-2,5H,3-4,6-7,11H2;4-6H2,1-3H3,(H,9,10). The lowest BCUT2D eigenvalue weighted by Crippen LogP contribution is -2.10. The van der Waals surface area contributed by atoms with E-state index in [9.17, 15) is 4.79 Å². The molecule has 1 aliphatic heterocycles. The van der Waals surface area contributed by atoms with Crippen LogP contribution in [-0.4, -0.2) is 17.7 Å². The first-order chi connectivity index (χ1) is 10.3. The summed E-state index contributed by atoms with van der Waals surface area (Å²) in [6, 6.07) is 6.42. The van der Waals surface area contributed by atoms with Crippen molar-refractivity contribution >= 4 is 5.97 Å². The van der Waals surface area contributed by atoms with Crippen molar-refractivity contribution in [2.45, 2.75) is 59.6 Å². The predicted octanol–water partition coefficient (Wildman–Crippen LogP) is 3.51. The second-order valence-electron chi connectivity index (χ2n) is 6.92. The average molecular weight is 307 g/mol. The zero-order valence-corrected chi connectivity index (χ0v) is 14.0. The molecule has 0 aromatic heterocycles. The van der Waals surface area contributed by atoms with Crippen LogP contribution in [0.25, 0.3) is 0 Å². The molecule has 1 heterocycles. The number of carboxylic acids is 1. The molecule has 0 amide bonds. The molecule has 1 aliphatic rings. The quantitative estimate of drug-likeness (QED) is 0.893. The maximum atomic E-state index is 10.1. The van der Waals surface area contributed by atoms with Gasteiger partial charge in [-0.05, 0) is 41.4 Å². The Bertz CT molecular complexity index is 478. The Morgan fingerprint density at radius 3 is 2.64 bits per heavy atom. The molecule has 0 radical (unpaired) electrons. The molecule has 124 valence electrons. The van der Waals surface area contributed by atoms with Crippen LogP contribution < -0.4 is 5.73 Å². The highest BCUT2D eigenvalue weighted by Crippen LogP contribution is 2.21. The van der Waals surface area contributed by atoms with E-state index in [-0.39, 0.29) is 5.41 Å². The fraction of sp³-hybridized carbons (Fsp3) is 0.611. The van der Waals surface area contributed by atoms with E-state index in [0.717, 1.165) is 32.5 Å². The first-order valence-corrected chi connectivity index (χ1v) is 7.92. The third kappa shape index (κ3) is 7.57. The molecule has 2 rings (SSSR count). The molecular formula is C18H29NO3. The Kier molecular flexibility index (Phi) is 7.56. The Balaban J connectivity index is 0.000000225. The zero-order chi connectivity index (χ0) is 16.6. The minimum Gasteiger partial charge on any atom is -0.481 e. The van der Waals surface area contributed by atoms with Crippen molar-refractivity contribution in [1.82, 2.24) is 0 Å². The molecule has 4 heteroatoms. The van der Waals surface area contributed by atoms with Gasteiger partial charge in [0.2, 0.25) is 0 Å². The van der Waals surface area contributed by atoms with E-state index in [1.807, 2.05) is 0 Å². The number of hydrogen-bond acceptors (Lipinski definition) is 3. The lowest BCUT2D eigenvalue weighted by Gasteiger charge is -2.16. The van der Waals surface area contributed by atoms with Crippen molar-refractivity contribution in [3.63, 3.8) is 0 Å². The second kappa shape index (κ2) is 8.91. The molecule has 0 atom stereocenters. The van der Waals surface area contributed by atoms with E-state index in [1.165, 1.54) is 16.7 Å². The monoisotopic (exact) mass is 307 g/mol. The number of rotatable bonds is 4. The van der Waals surface area contributed by atoms with E-state index >= 15 is 0 Å². The molecule has 0 spiro atoms. The highest BCUT2D eigenvalue weighted by molar-refractivity contribution is 5.66. The number of carboxylic acid groups (broad SMARTS) is 1. The molecule has 22 heavy (non-hydrogen) atoms. The highest BCUT2D eigenvalue weighted by atomic mass is 16.5. The topological polar surface area (TPSA) is 72.5 Å². The fourth-order valence-electron chi connectivity index (χ4n) is 2.32. The van der Waals surface area contributed by atoms with Gasteiger partial charge in [-0.15, -0.1) is 0 Å². The van der Waals surface area contributed by atoms with E-state index in [2.05, 4.69) is 39.0 Å². The maximum Gasteiger partial charge on any atom is 0.303 e. The van der Waals surface area contributed by atoms with Crippen molar-refractivity contribution in [1.29, 1.82) is 0 Å². The molecule has 4 nitrogen and oxygen atoms in total. The SMILES string of the molecule is CC(C)(C)CCCC(=O)O.NCc1ccc2c(c1)COCC2. The number of ether oxygens (including phenoxy) is 1. The van der Waals surface area contributed by atoms with Gasteiger partial charge in [-0.2, -0.15) is 0 Å². The summed E-state index contributed by atoms with van der Waals surface area (Å²) in [4.78, 5) is 10.1. The van der Waals surface area contributed by atoms with Crippen LogP contribution in [0, 0.1) is 5.41 Å². The third-order valence-electron chi connectivity index (χ3n) is 3.60. The van der Waals surface area contributed by atoms with Crippen molar-refractivity contribution in [3.8, 4) is 0 Å². The van der Waals surface area contributed by atoms with Crippen LogP contribution in [0.4, 0.5) is 0 Å². The van der Waals surface area contributed by atoms with Crippen LogP contribution in [0.2, 0.25) is 0 Å². The first-order valence-electron chi connectivity index (χ1n) is 7.92.